The molecule has 4 nitrogen and oxygen atoms in total. The monoisotopic (exact) mass is 315 g/mol. The summed E-state index contributed by atoms with van der Waals surface area (Å²) >= 11 is 6.04. The zero-order valence-electron chi connectivity index (χ0n) is 11.7. The van der Waals surface area contributed by atoms with Gasteiger partial charge in [-0.15, -0.1) is 0 Å². The van der Waals surface area contributed by atoms with Gasteiger partial charge in [0.25, 0.3) is 0 Å². The number of amides is 1. The molecule has 0 saturated carbocycles. The smallest absolute Gasteiger partial charge is 0.244 e. The Morgan fingerprint density at radius 1 is 1.18 bits per heavy atom. The topological polar surface area (TPSA) is 47.6 Å². The fraction of sp³-hybridized carbons (Fsp3) is 0.118. The van der Waals surface area contributed by atoms with E-state index in [0.717, 1.165) is 16.9 Å². The van der Waals surface area contributed by atoms with Crippen LogP contribution in [0.25, 0.3) is 6.08 Å². The molecule has 0 spiro atoms. The van der Waals surface area contributed by atoms with Gasteiger partial charge in [0, 0.05) is 17.6 Å². The third-order valence-corrected chi connectivity index (χ3v) is 3.60. The van der Waals surface area contributed by atoms with Gasteiger partial charge in [-0.25, -0.2) is 0 Å². The summed E-state index contributed by atoms with van der Waals surface area (Å²) in [6.45, 7) is 0.630. The van der Waals surface area contributed by atoms with E-state index in [1.165, 1.54) is 6.08 Å². The molecule has 0 unspecified atom stereocenters. The minimum Gasteiger partial charge on any atom is -0.454 e. The zero-order valence-corrected chi connectivity index (χ0v) is 12.5. The summed E-state index contributed by atoms with van der Waals surface area (Å²) < 4.78 is 10.5. The van der Waals surface area contributed by atoms with Crippen molar-refractivity contribution in [2.75, 3.05) is 6.79 Å². The van der Waals surface area contributed by atoms with Gasteiger partial charge in [-0.3, -0.25) is 4.79 Å². The zero-order chi connectivity index (χ0) is 15.4. The number of benzene rings is 2. The number of fused-ring (bicyclic) bond motifs is 1. The van der Waals surface area contributed by atoms with Crippen LogP contribution in [0.5, 0.6) is 11.5 Å². The predicted octanol–water partition coefficient (Wildman–Crippen LogP) is 3.40. The van der Waals surface area contributed by atoms with E-state index in [1.807, 2.05) is 36.4 Å². The molecule has 22 heavy (non-hydrogen) atoms. The van der Waals surface area contributed by atoms with Crippen LogP contribution in [0.2, 0.25) is 5.02 Å². The van der Waals surface area contributed by atoms with Crippen molar-refractivity contribution < 1.29 is 14.3 Å². The Kier molecular flexibility index (Phi) is 4.30. The summed E-state index contributed by atoms with van der Waals surface area (Å²) in [4.78, 5) is 11.8. The van der Waals surface area contributed by atoms with Gasteiger partial charge in [-0.05, 0) is 35.4 Å². The van der Waals surface area contributed by atoms with Gasteiger partial charge in [0.05, 0.1) is 0 Å². The lowest BCUT2D eigenvalue weighted by atomic mass is 10.2. The standard InChI is InChI=1S/C17H14ClNO3/c18-14-4-2-1-3-13(14)10-19-17(20)8-6-12-5-7-15-16(9-12)22-11-21-15/h1-9H,10-11H2,(H,19,20)/b8-6+. The van der Waals surface area contributed by atoms with E-state index in [1.54, 1.807) is 12.1 Å². The molecule has 0 bridgehead atoms. The van der Waals surface area contributed by atoms with Crippen LogP contribution in [-0.4, -0.2) is 12.7 Å². The molecule has 0 aliphatic carbocycles. The molecular weight excluding hydrogens is 302 g/mol. The van der Waals surface area contributed by atoms with Gasteiger partial charge in [0.15, 0.2) is 11.5 Å². The number of ether oxygens (including phenoxy) is 2. The molecule has 1 heterocycles. The first-order chi connectivity index (χ1) is 10.7. The molecule has 3 rings (SSSR count). The molecule has 0 saturated heterocycles. The number of nitrogens with one attached hydrogen (secondary N) is 1. The molecule has 0 radical (unpaired) electrons. The maximum absolute atomic E-state index is 11.8. The second kappa shape index (κ2) is 6.54. The second-order valence-electron chi connectivity index (χ2n) is 4.76. The van der Waals surface area contributed by atoms with Gasteiger partial charge in [-0.2, -0.15) is 0 Å². The third kappa shape index (κ3) is 3.40. The van der Waals surface area contributed by atoms with Gasteiger partial charge >= 0.3 is 0 Å². The van der Waals surface area contributed by atoms with Crippen LogP contribution in [-0.2, 0) is 11.3 Å². The normalized spacial score (nSPS) is 12.6. The Balaban J connectivity index is 1.58. The molecule has 0 aromatic heterocycles. The van der Waals surface area contributed by atoms with Crippen molar-refractivity contribution in [3.63, 3.8) is 0 Å². The number of rotatable bonds is 4. The number of halogens is 1. The molecule has 0 atom stereocenters. The highest BCUT2D eigenvalue weighted by atomic mass is 35.5. The molecule has 2 aromatic carbocycles. The van der Waals surface area contributed by atoms with Crippen molar-refractivity contribution in [2.45, 2.75) is 6.54 Å². The Morgan fingerprint density at radius 2 is 2.00 bits per heavy atom. The van der Waals surface area contributed by atoms with E-state index in [-0.39, 0.29) is 12.7 Å². The van der Waals surface area contributed by atoms with Crippen LogP contribution < -0.4 is 14.8 Å². The molecule has 112 valence electrons. The summed E-state index contributed by atoms with van der Waals surface area (Å²) in [6.07, 6.45) is 3.21. The lowest BCUT2D eigenvalue weighted by molar-refractivity contribution is -0.116. The van der Waals surface area contributed by atoms with E-state index in [2.05, 4.69) is 5.32 Å². The van der Waals surface area contributed by atoms with E-state index >= 15 is 0 Å². The van der Waals surface area contributed by atoms with Gasteiger partial charge < -0.3 is 14.8 Å². The van der Waals surface area contributed by atoms with E-state index in [0.29, 0.717) is 17.3 Å². The minimum absolute atomic E-state index is 0.183. The minimum atomic E-state index is -0.183. The van der Waals surface area contributed by atoms with Crippen LogP contribution in [0.3, 0.4) is 0 Å². The maximum atomic E-state index is 11.8. The Morgan fingerprint density at radius 3 is 2.86 bits per heavy atom. The third-order valence-electron chi connectivity index (χ3n) is 3.23. The molecule has 1 aliphatic heterocycles. The number of carbonyl (C=O) groups is 1. The average Bonchev–Trinajstić information content (AvgIpc) is 2.99. The summed E-state index contributed by atoms with van der Waals surface area (Å²) in [5.41, 5.74) is 1.76. The van der Waals surface area contributed by atoms with Gasteiger partial charge in [0.2, 0.25) is 12.7 Å². The summed E-state index contributed by atoms with van der Waals surface area (Å²) in [7, 11) is 0. The van der Waals surface area contributed by atoms with Crippen molar-refractivity contribution in [3.8, 4) is 11.5 Å². The first-order valence-corrected chi connectivity index (χ1v) is 7.19. The van der Waals surface area contributed by atoms with Crippen LogP contribution in [0.1, 0.15) is 11.1 Å². The first kappa shape index (κ1) is 14.5. The highest BCUT2D eigenvalue weighted by molar-refractivity contribution is 6.31. The Hall–Kier alpha value is -2.46. The molecule has 2 aromatic rings. The van der Waals surface area contributed by atoms with Crippen LogP contribution in [0.15, 0.2) is 48.5 Å². The highest BCUT2D eigenvalue weighted by Gasteiger charge is 2.12. The number of carbonyl (C=O) groups excluding carboxylic acids is 1. The van der Waals surface area contributed by atoms with Crippen molar-refractivity contribution >= 4 is 23.6 Å². The number of hydrogen-bond acceptors (Lipinski definition) is 3. The molecule has 1 N–H and O–H groups in total. The van der Waals surface area contributed by atoms with Crippen molar-refractivity contribution in [3.05, 3.63) is 64.7 Å². The SMILES string of the molecule is O=C(/C=C/c1ccc2c(c1)OCO2)NCc1ccccc1Cl. The largest absolute Gasteiger partial charge is 0.454 e. The Bertz CT molecular complexity index is 728. The predicted molar refractivity (Wildman–Crippen MR) is 84.9 cm³/mol. The summed E-state index contributed by atoms with van der Waals surface area (Å²) in [5.74, 6) is 1.23. The van der Waals surface area contributed by atoms with Crippen molar-refractivity contribution in [2.24, 2.45) is 0 Å². The Labute approximate surface area is 133 Å². The van der Waals surface area contributed by atoms with Gasteiger partial charge in [0.1, 0.15) is 0 Å². The molecular formula is C17H14ClNO3. The second-order valence-corrected chi connectivity index (χ2v) is 5.16. The van der Waals surface area contributed by atoms with Crippen molar-refractivity contribution in [1.29, 1.82) is 0 Å². The van der Waals surface area contributed by atoms with E-state index < -0.39 is 0 Å². The van der Waals surface area contributed by atoms with Crippen molar-refractivity contribution in [1.82, 2.24) is 5.32 Å². The highest BCUT2D eigenvalue weighted by Crippen LogP contribution is 2.32. The maximum Gasteiger partial charge on any atom is 0.244 e. The fourth-order valence-corrected chi connectivity index (χ4v) is 2.27. The quantitative estimate of drug-likeness (QED) is 0.880. The molecule has 1 amide bonds. The lowest BCUT2D eigenvalue weighted by Gasteiger charge is -2.04. The first-order valence-electron chi connectivity index (χ1n) is 6.81. The van der Waals surface area contributed by atoms with Crippen LogP contribution in [0, 0.1) is 0 Å². The van der Waals surface area contributed by atoms with Crippen LogP contribution in [0.4, 0.5) is 0 Å². The molecule has 5 heteroatoms. The lowest BCUT2D eigenvalue weighted by Crippen LogP contribution is -2.20. The summed E-state index contributed by atoms with van der Waals surface area (Å²) in [6, 6.07) is 12.9. The molecule has 0 fully saturated rings. The molecule has 1 aliphatic rings. The number of hydrogen-bond donors (Lipinski definition) is 1. The average molecular weight is 316 g/mol. The van der Waals surface area contributed by atoms with E-state index in [9.17, 15) is 4.79 Å². The van der Waals surface area contributed by atoms with Gasteiger partial charge in [-0.1, -0.05) is 35.9 Å². The fourth-order valence-electron chi connectivity index (χ4n) is 2.07. The van der Waals surface area contributed by atoms with Crippen LogP contribution >= 0.6 is 11.6 Å². The summed E-state index contributed by atoms with van der Waals surface area (Å²) in [5, 5.41) is 3.44. The van der Waals surface area contributed by atoms with E-state index in [4.69, 9.17) is 21.1 Å².